The molecule has 2 aliphatic rings. The summed E-state index contributed by atoms with van der Waals surface area (Å²) in [4.78, 5) is 26.4. The molecule has 118 valence electrons. The fourth-order valence-electron chi connectivity index (χ4n) is 2.53. The molecule has 1 atom stereocenters. The van der Waals surface area contributed by atoms with Crippen molar-refractivity contribution in [3.63, 3.8) is 0 Å². The Morgan fingerprint density at radius 2 is 2.14 bits per heavy atom. The molecule has 0 bridgehead atoms. The van der Waals surface area contributed by atoms with Gasteiger partial charge in [0.25, 0.3) is 0 Å². The first kappa shape index (κ1) is 15.4. The first-order valence-electron chi connectivity index (χ1n) is 6.87. The molecular weight excluding hydrogens is 326 g/mol. The monoisotopic (exact) mass is 341 g/mol. The number of hydrogen-bond acceptors (Lipinski definition) is 6. The lowest BCUT2D eigenvalue weighted by atomic mass is 10.2. The third-order valence-electron chi connectivity index (χ3n) is 3.58. The lowest BCUT2D eigenvalue weighted by molar-refractivity contribution is -0.146. The number of amides is 1. The Morgan fingerprint density at radius 3 is 2.86 bits per heavy atom. The zero-order chi connectivity index (χ0) is 15.7. The fraction of sp³-hybridized carbons (Fsp3) is 0.429. The molecule has 1 aromatic carbocycles. The molecule has 0 N–H and O–H groups in total. The molecule has 6 nitrogen and oxygen atoms in total. The van der Waals surface area contributed by atoms with Crippen LogP contribution in [0, 0.1) is 0 Å². The molecule has 1 saturated heterocycles. The van der Waals surface area contributed by atoms with E-state index in [0.717, 1.165) is 4.90 Å². The molecule has 0 radical (unpaired) electrons. The van der Waals surface area contributed by atoms with E-state index in [-0.39, 0.29) is 29.7 Å². The highest BCUT2D eigenvalue weighted by atomic mass is 32.2. The number of nitrogens with zero attached hydrogens (tertiary/aromatic N) is 1. The van der Waals surface area contributed by atoms with Crippen LogP contribution in [0.3, 0.4) is 0 Å². The van der Waals surface area contributed by atoms with Crippen LogP contribution in [0.25, 0.3) is 0 Å². The van der Waals surface area contributed by atoms with Gasteiger partial charge in [-0.15, -0.1) is 11.8 Å². The molecule has 8 heteroatoms. The number of fused-ring (bicyclic) bond motifs is 1. The molecule has 1 fully saturated rings. The van der Waals surface area contributed by atoms with Crippen LogP contribution in [-0.2, 0) is 24.2 Å². The van der Waals surface area contributed by atoms with E-state index in [2.05, 4.69) is 0 Å². The van der Waals surface area contributed by atoms with Crippen LogP contribution < -0.4 is 4.90 Å². The number of esters is 1. The fourth-order valence-corrected chi connectivity index (χ4v) is 5.06. The predicted molar refractivity (Wildman–Crippen MR) is 82.7 cm³/mol. The number of anilines is 1. The van der Waals surface area contributed by atoms with Crippen molar-refractivity contribution in [2.24, 2.45) is 0 Å². The third-order valence-corrected chi connectivity index (χ3v) is 6.37. The molecule has 1 aromatic rings. The largest absolute Gasteiger partial charge is 0.460 e. The minimum absolute atomic E-state index is 0.0487. The summed E-state index contributed by atoms with van der Waals surface area (Å²) in [6.45, 7) is -0.188. The highest BCUT2D eigenvalue weighted by molar-refractivity contribution is 8.00. The lowest BCUT2D eigenvalue weighted by Crippen LogP contribution is -2.40. The zero-order valence-electron chi connectivity index (χ0n) is 11.7. The van der Waals surface area contributed by atoms with Crippen LogP contribution in [-0.4, -0.2) is 50.2 Å². The van der Waals surface area contributed by atoms with Crippen LogP contribution in [0.1, 0.15) is 6.42 Å². The number of sulfone groups is 1. The smallest absolute Gasteiger partial charge is 0.326 e. The first-order chi connectivity index (χ1) is 10.4. The Kier molecular flexibility index (Phi) is 4.14. The van der Waals surface area contributed by atoms with E-state index in [9.17, 15) is 18.0 Å². The summed E-state index contributed by atoms with van der Waals surface area (Å²) >= 11 is 1.44. The van der Waals surface area contributed by atoms with Gasteiger partial charge in [-0.05, 0) is 18.6 Å². The van der Waals surface area contributed by atoms with Crippen molar-refractivity contribution in [3.8, 4) is 0 Å². The van der Waals surface area contributed by atoms with Crippen LogP contribution in [0.15, 0.2) is 29.2 Å². The standard InChI is InChI=1S/C14H15NO5S2/c16-13-8-21-12-4-2-1-3-11(12)15(13)7-14(17)20-10-5-6-22(18,19)9-10/h1-4,10H,5-9H2/t10-/m1/s1. The predicted octanol–water partition coefficient (Wildman–Crippen LogP) is 0.856. The zero-order valence-corrected chi connectivity index (χ0v) is 13.4. The number of hydrogen-bond donors (Lipinski definition) is 0. The lowest BCUT2D eigenvalue weighted by Gasteiger charge is -2.28. The van der Waals surface area contributed by atoms with Crippen LogP contribution in [0.4, 0.5) is 5.69 Å². The second-order valence-electron chi connectivity index (χ2n) is 5.25. The molecule has 3 rings (SSSR count). The van der Waals surface area contributed by atoms with Gasteiger partial charge in [0, 0.05) is 4.90 Å². The molecule has 0 aromatic heterocycles. The molecule has 22 heavy (non-hydrogen) atoms. The van der Waals surface area contributed by atoms with Crippen molar-refractivity contribution in [2.45, 2.75) is 17.4 Å². The van der Waals surface area contributed by atoms with E-state index in [1.54, 1.807) is 12.1 Å². The normalized spacial score (nSPS) is 23.2. The van der Waals surface area contributed by atoms with Gasteiger partial charge in [0.05, 0.1) is 22.9 Å². The van der Waals surface area contributed by atoms with E-state index < -0.39 is 21.9 Å². The highest BCUT2D eigenvalue weighted by Gasteiger charge is 2.32. The summed E-state index contributed by atoms with van der Waals surface area (Å²) in [6, 6.07) is 7.36. The van der Waals surface area contributed by atoms with Gasteiger partial charge in [-0.2, -0.15) is 0 Å². The maximum absolute atomic E-state index is 12.0. The summed E-state index contributed by atoms with van der Waals surface area (Å²) in [5.74, 6) is -0.522. The Balaban J connectivity index is 1.68. The van der Waals surface area contributed by atoms with E-state index in [1.165, 1.54) is 16.7 Å². The average molecular weight is 341 g/mol. The van der Waals surface area contributed by atoms with E-state index in [0.29, 0.717) is 12.1 Å². The minimum Gasteiger partial charge on any atom is -0.460 e. The van der Waals surface area contributed by atoms with Gasteiger partial charge in [-0.25, -0.2) is 8.42 Å². The van der Waals surface area contributed by atoms with Crippen LogP contribution in [0.2, 0.25) is 0 Å². The number of ether oxygens (including phenoxy) is 1. The van der Waals surface area contributed by atoms with Crippen molar-refractivity contribution in [1.29, 1.82) is 0 Å². The van der Waals surface area contributed by atoms with Gasteiger partial charge in [0.1, 0.15) is 12.6 Å². The molecule has 0 spiro atoms. The minimum atomic E-state index is -3.09. The quantitative estimate of drug-likeness (QED) is 0.759. The molecular formula is C14H15NO5S2. The maximum atomic E-state index is 12.0. The van der Waals surface area contributed by atoms with E-state index in [1.807, 2.05) is 12.1 Å². The second kappa shape index (κ2) is 5.92. The Morgan fingerprint density at radius 1 is 1.36 bits per heavy atom. The van der Waals surface area contributed by atoms with E-state index >= 15 is 0 Å². The topological polar surface area (TPSA) is 80.8 Å². The summed E-state index contributed by atoms with van der Waals surface area (Å²) in [5, 5.41) is 0. The average Bonchev–Trinajstić information content (AvgIpc) is 2.81. The molecule has 0 saturated carbocycles. The van der Waals surface area contributed by atoms with Crippen LogP contribution >= 0.6 is 11.8 Å². The Hall–Kier alpha value is -1.54. The third kappa shape index (κ3) is 3.27. The van der Waals surface area contributed by atoms with Gasteiger partial charge in [-0.3, -0.25) is 14.5 Å². The van der Waals surface area contributed by atoms with Gasteiger partial charge in [-0.1, -0.05) is 12.1 Å². The first-order valence-corrected chi connectivity index (χ1v) is 9.67. The number of para-hydroxylation sites is 1. The molecule has 0 unspecified atom stereocenters. The maximum Gasteiger partial charge on any atom is 0.326 e. The molecule has 2 heterocycles. The molecule has 1 amide bonds. The van der Waals surface area contributed by atoms with Crippen molar-refractivity contribution >= 4 is 39.2 Å². The number of carbonyl (C=O) groups excluding carboxylic acids is 2. The Labute approximate surface area is 132 Å². The van der Waals surface area contributed by atoms with Crippen molar-refractivity contribution in [3.05, 3.63) is 24.3 Å². The number of benzene rings is 1. The van der Waals surface area contributed by atoms with Gasteiger partial charge in [0.15, 0.2) is 9.84 Å². The summed E-state index contributed by atoms with van der Waals surface area (Å²) in [7, 11) is -3.09. The van der Waals surface area contributed by atoms with Crippen molar-refractivity contribution < 1.29 is 22.7 Å². The summed E-state index contributed by atoms with van der Waals surface area (Å²) in [5.41, 5.74) is 0.694. The highest BCUT2D eigenvalue weighted by Crippen LogP contribution is 2.34. The second-order valence-corrected chi connectivity index (χ2v) is 8.50. The van der Waals surface area contributed by atoms with Gasteiger partial charge < -0.3 is 4.74 Å². The number of carbonyl (C=O) groups is 2. The van der Waals surface area contributed by atoms with Gasteiger partial charge in [0.2, 0.25) is 5.91 Å². The van der Waals surface area contributed by atoms with E-state index in [4.69, 9.17) is 4.74 Å². The SMILES string of the molecule is O=C(CN1C(=O)CSc2ccccc21)O[C@@H]1CCS(=O)(=O)C1. The molecule has 0 aliphatic carbocycles. The van der Waals surface area contributed by atoms with Gasteiger partial charge >= 0.3 is 5.97 Å². The summed E-state index contributed by atoms with van der Waals surface area (Å²) in [6.07, 6.45) is -0.268. The summed E-state index contributed by atoms with van der Waals surface area (Å²) < 4.78 is 27.9. The Bertz CT molecular complexity index is 716. The van der Waals surface area contributed by atoms with Crippen molar-refractivity contribution in [2.75, 3.05) is 28.7 Å². The number of rotatable bonds is 3. The van der Waals surface area contributed by atoms with Crippen molar-refractivity contribution in [1.82, 2.24) is 0 Å². The van der Waals surface area contributed by atoms with Crippen LogP contribution in [0.5, 0.6) is 0 Å². The molecule has 2 aliphatic heterocycles. The number of thioether (sulfide) groups is 1.